The van der Waals surface area contributed by atoms with E-state index in [1.54, 1.807) is 0 Å². The quantitative estimate of drug-likeness (QED) is 0.0171. The number of esters is 1. The van der Waals surface area contributed by atoms with Gasteiger partial charge in [-0.15, -0.1) is 0 Å². The third-order valence-electron chi connectivity index (χ3n) is 16.2. The van der Waals surface area contributed by atoms with Crippen molar-refractivity contribution in [3.05, 3.63) is 72.9 Å². The van der Waals surface area contributed by atoms with Crippen LogP contribution in [0.2, 0.25) is 0 Å². The molecule has 0 amide bonds. The molecule has 14 nitrogen and oxygen atoms in total. The van der Waals surface area contributed by atoms with Crippen LogP contribution in [-0.2, 0) is 33.2 Å². The summed E-state index contributed by atoms with van der Waals surface area (Å²) in [7, 11) is 0. The van der Waals surface area contributed by atoms with Crippen LogP contribution >= 0.6 is 0 Å². The Labute approximate surface area is 517 Å². The Morgan fingerprint density at radius 3 is 1.20 bits per heavy atom. The van der Waals surface area contributed by atoms with Gasteiger partial charge in [0, 0.05) is 13.0 Å². The fourth-order valence-corrected chi connectivity index (χ4v) is 10.7. The Morgan fingerprint density at radius 2 is 0.765 bits per heavy atom. The summed E-state index contributed by atoms with van der Waals surface area (Å²) in [5.41, 5.74) is 0. The van der Waals surface area contributed by atoms with Crippen LogP contribution in [0.4, 0.5) is 0 Å². The van der Waals surface area contributed by atoms with E-state index in [2.05, 4.69) is 86.8 Å². The molecule has 85 heavy (non-hydrogen) atoms. The van der Waals surface area contributed by atoms with Crippen molar-refractivity contribution in [1.29, 1.82) is 0 Å². The molecule has 14 heteroatoms. The second-order valence-corrected chi connectivity index (χ2v) is 24.0. The maximum atomic E-state index is 13.2. The molecule has 11 unspecified atom stereocenters. The molecule has 2 saturated heterocycles. The lowest BCUT2D eigenvalue weighted by molar-refractivity contribution is -0.332. The van der Waals surface area contributed by atoms with Crippen LogP contribution < -0.4 is 0 Å². The van der Waals surface area contributed by atoms with Gasteiger partial charge in [0.15, 0.2) is 12.6 Å². The van der Waals surface area contributed by atoms with Crippen LogP contribution in [0.15, 0.2) is 72.9 Å². The molecular weight excluding hydrogens is 1080 g/mol. The van der Waals surface area contributed by atoms with E-state index in [-0.39, 0.29) is 25.6 Å². The Balaban J connectivity index is 1.64. The summed E-state index contributed by atoms with van der Waals surface area (Å²) < 4.78 is 34.6. The molecule has 11 atom stereocenters. The number of carbonyl (C=O) groups excluding carboxylic acids is 1. The average Bonchev–Trinajstić information content (AvgIpc) is 2.82. The minimum atomic E-state index is -1.71. The van der Waals surface area contributed by atoms with Gasteiger partial charge in [0.25, 0.3) is 0 Å². The number of hydrogen-bond donors (Lipinski definition) is 7. The van der Waals surface area contributed by atoms with E-state index in [0.29, 0.717) is 13.0 Å². The van der Waals surface area contributed by atoms with E-state index in [4.69, 9.17) is 28.4 Å². The normalized spacial score (nSPS) is 23.6. The van der Waals surface area contributed by atoms with Gasteiger partial charge in [-0.1, -0.05) is 254 Å². The molecule has 0 radical (unpaired) electrons. The highest BCUT2D eigenvalue weighted by Gasteiger charge is 2.47. The number of rotatable bonds is 57. The third-order valence-corrected chi connectivity index (χ3v) is 16.2. The molecule has 0 spiro atoms. The summed E-state index contributed by atoms with van der Waals surface area (Å²) in [5, 5.41) is 72.6. The summed E-state index contributed by atoms with van der Waals surface area (Å²) in [6, 6.07) is 0. The zero-order valence-electron chi connectivity index (χ0n) is 53.6. The van der Waals surface area contributed by atoms with Gasteiger partial charge < -0.3 is 64.2 Å². The first kappa shape index (κ1) is 78.5. The van der Waals surface area contributed by atoms with Crippen LogP contribution in [0, 0.1) is 0 Å². The predicted octanol–water partition coefficient (Wildman–Crippen LogP) is 14.5. The first-order chi connectivity index (χ1) is 41.6. The second kappa shape index (κ2) is 56.6. The molecule has 0 bridgehead atoms. The van der Waals surface area contributed by atoms with Gasteiger partial charge in [-0.25, -0.2) is 0 Å². The molecule has 2 fully saturated rings. The topological polar surface area (TPSA) is 214 Å². The van der Waals surface area contributed by atoms with E-state index in [1.165, 1.54) is 173 Å². The molecule has 7 N–H and O–H groups in total. The number of unbranched alkanes of at least 4 members (excludes halogenated alkanes) is 31. The van der Waals surface area contributed by atoms with Crippen molar-refractivity contribution < 1.29 is 69.0 Å². The lowest BCUT2D eigenvalue weighted by atomic mass is 9.98. The first-order valence-corrected chi connectivity index (χ1v) is 34.5. The minimum Gasteiger partial charge on any atom is -0.457 e. The SMILES string of the molecule is CC/C=C\C/C=C\C/C=C\C/C=C\CCCCCCCCCCCCCCCOCC(COC1OC(COC2OC(CO)C(O)C(O)C2O)C(O)C(O)C1O)OC(=O)CCCCCCCCCCCCCCC/C=C\C/C=C\CCCCCCC. The van der Waals surface area contributed by atoms with Crippen molar-refractivity contribution in [2.45, 2.75) is 338 Å². The highest BCUT2D eigenvalue weighted by Crippen LogP contribution is 2.27. The second-order valence-electron chi connectivity index (χ2n) is 24.0. The van der Waals surface area contributed by atoms with Crippen molar-refractivity contribution in [3.8, 4) is 0 Å². The smallest absolute Gasteiger partial charge is 0.306 e. The number of allylic oxidation sites excluding steroid dienone is 12. The zero-order chi connectivity index (χ0) is 61.5. The van der Waals surface area contributed by atoms with Crippen molar-refractivity contribution in [1.82, 2.24) is 0 Å². The van der Waals surface area contributed by atoms with Gasteiger partial charge in [0.05, 0.1) is 26.4 Å². The van der Waals surface area contributed by atoms with Gasteiger partial charge in [-0.2, -0.15) is 0 Å². The molecule has 0 aromatic carbocycles. The zero-order valence-corrected chi connectivity index (χ0v) is 53.6. The van der Waals surface area contributed by atoms with E-state index in [0.717, 1.165) is 70.6 Å². The summed E-state index contributed by atoms with van der Waals surface area (Å²) >= 11 is 0. The lowest BCUT2D eigenvalue weighted by Gasteiger charge is -2.42. The van der Waals surface area contributed by atoms with E-state index < -0.39 is 80.7 Å². The number of ether oxygens (including phenoxy) is 6. The molecule has 0 saturated carbocycles. The largest absolute Gasteiger partial charge is 0.457 e. The molecule has 2 heterocycles. The summed E-state index contributed by atoms with van der Waals surface area (Å²) in [6.45, 7) is 3.60. The van der Waals surface area contributed by atoms with Crippen molar-refractivity contribution in [2.75, 3.05) is 33.0 Å². The number of aliphatic hydroxyl groups is 7. The van der Waals surface area contributed by atoms with Crippen LogP contribution in [0.5, 0.6) is 0 Å². The monoisotopic (exact) mass is 1200 g/mol. The summed E-state index contributed by atoms with van der Waals surface area (Å²) in [6.07, 6.45) is 58.3. The summed E-state index contributed by atoms with van der Waals surface area (Å²) in [5.74, 6) is -0.375. The van der Waals surface area contributed by atoms with Gasteiger partial charge in [0.1, 0.15) is 54.9 Å². The molecule has 2 aliphatic rings. The first-order valence-electron chi connectivity index (χ1n) is 34.5. The third kappa shape index (κ3) is 42.1. The molecule has 0 aromatic heterocycles. The summed E-state index contributed by atoms with van der Waals surface area (Å²) in [4.78, 5) is 13.2. The van der Waals surface area contributed by atoms with E-state index in [9.17, 15) is 40.5 Å². The van der Waals surface area contributed by atoms with Gasteiger partial charge in [-0.05, 0) is 83.5 Å². The van der Waals surface area contributed by atoms with Crippen molar-refractivity contribution in [3.63, 3.8) is 0 Å². The maximum Gasteiger partial charge on any atom is 0.306 e. The average molecular weight is 1200 g/mol. The van der Waals surface area contributed by atoms with Gasteiger partial charge in [-0.3, -0.25) is 4.79 Å². The van der Waals surface area contributed by atoms with Crippen LogP contribution in [0.1, 0.15) is 271 Å². The van der Waals surface area contributed by atoms with Crippen LogP contribution in [0.25, 0.3) is 0 Å². The fourth-order valence-electron chi connectivity index (χ4n) is 10.7. The van der Waals surface area contributed by atoms with Gasteiger partial charge >= 0.3 is 5.97 Å². The minimum absolute atomic E-state index is 0.0594. The van der Waals surface area contributed by atoms with E-state index >= 15 is 0 Å². The fraction of sp³-hybridized carbons (Fsp3) is 0.817. The molecule has 2 aliphatic heterocycles. The Kier molecular flexibility index (Phi) is 52.3. The predicted molar refractivity (Wildman–Crippen MR) is 344 cm³/mol. The molecule has 0 aliphatic carbocycles. The maximum absolute atomic E-state index is 13.2. The van der Waals surface area contributed by atoms with Gasteiger partial charge in [0.2, 0.25) is 0 Å². The number of aliphatic hydroxyl groups excluding tert-OH is 7. The lowest BCUT2D eigenvalue weighted by Crippen LogP contribution is -2.61. The highest BCUT2D eigenvalue weighted by atomic mass is 16.7. The Hall–Kier alpha value is -2.57. The molecule has 0 aromatic rings. The Bertz CT molecular complexity index is 1680. The van der Waals surface area contributed by atoms with E-state index in [1.807, 2.05) is 0 Å². The number of carbonyl (C=O) groups is 1. The van der Waals surface area contributed by atoms with Crippen LogP contribution in [-0.4, -0.2) is 142 Å². The van der Waals surface area contributed by atoms with Crippen molar-refractivity contribution >= 4 is 5.97 Å². The van der Waals surface area contributed by atoms with Crippen LogP contribution in [0.3, 0.4) is 0 Å². The molecule has 2 rings (SSSR count). The Morgan fingerprint density at radius 1 is 0.400 bits per heavy atom. The molecular formula is C71H126O14. The standard InChI is InChI=1S/C71H126O14/c1-3-5-7-9-11-13-15-17-19-21-23-25-27-29-31-33-35-37-39-41-43-45-47-49-51-53-55-80-57-60(58-81-70-69(79)67(77)65(75)62(85-70)59-82-71-68(78)66(76)64(74)61(56-72)84-71)83-63(73)54-52-50-48-46-44-42-40-38-36-34-32-30-28-26-24-22-20-18-16-14-12-10-8-6-4-2/h5,7,11,13,16-19,22-25,60-62,64-72,74-79H,3-4,6,8-10,12,14-15,20-21,26-59H2,1-2H3/b7-5-,13-11-,18-16-,19-17-,24-22-,25-23-. The van der Waals surface area contributed by atoms with Crippen molar-refractivity contribution in [2.24, 2.45) is 0 Å². The highest BCUT2D eigenvalue weighted by molar-refractivity contribution is 5.69. The number of hydrogen-bond acceptors (Lipinski definition) is 14. The molecule has 494 valence electrons.